The number of nitrogens with two attached hydrogens (primary N) is 2. The van der Waals surface area contributed by atoms with Crippen LogP contribution in [-0.2, 0) is 17.6 Å². The second-order valence-electron chi connectivity index (χ2n) is 9.74. The van der Waals surface area contributed by atoms with Crippen molar-refractivity contribution >= 4 is 11.4 Å². The Labute approximate surface area is 203 Å². The standard InChI is InChI=1S/C30H48N2O/c1-25-23-27(17-19-29(25)31)15-11-7-3-5-9-13-21-33-22-14-10-6-4-8-12-16-28-18-20-30(32)26(2)24-28/h17-20,23-24H,3-16,21-22,31-32H2,1-2H3. The number of rotatable bonds is 18. The molecule has 0 fully saturated rings. The molecule has 0 radical (unpaired) electrons. The third kappa shape index (κ3) is 12.1. The molecule has 0 atom stereocenters. The van der Waals surface area contributed by atoms with Gasteiger partial charge in [-0.05, 0) is 86.8 Å². The van der Waals surface area contributed by atoms with E-state index in [-0.39, 0.29) is 0 Å². The van der Waals surface area contributed by atoms with Gasteiger partial charge in [0.25, 0.3) is 0 Å². The molecule has 4 N–H and O–H groups in total. The monoisotopic (exact) mass is 452 g/mol. The van der Waals surface area contributed by atoms with Crippen LogP contribution in [0, 0.1) is 13.8 Å². The first kappa shape index (κ1) is 27.2. The van der Waals surface area contributed by atoms with Crippen LogP contribution >= 0.6 is 0 Å². The highest BCUT2D eigenvalue weighted by Crippen LogP contribution is 2.17. The van der Waals surface area contributed by atoms with Gasteiger partial charge in [0.1, 0.15) is 0 Å². The molecular weight excluding hydrogens is 404 g/mol. The van der Waals surface area contributed by atoms with Crippen molar-refractivity contribution < 1.29 is 4.74 Å². The van der Waals surface area contributed by atoms with Crippen LogP contribution in [0.2, 0.25) is 0 Å². The summed E-state index contributed by atoms with van der Waals surface area (Å²) in [5.41, 5.74) is 18.8. The molecule has 0 heterocycles. The van der Waals surface area contributed by atoms with E-state index < -0.39 is 0 Å². The van der Waals surface area contributed by atoms with E-state index in [0.717, 1.165) is 24.6 Å². The zero-order chi connectivity index (χ0) is 23.7. The lowest BCUT2D eigenvalue weighted by molar-refractivity contribution is 0.125. The fourth-order valence-corrected chi connectivity index (χ4v) is 4.37. The van der Waals surface area contributed by atoms with Gasteiger partial charge in [0.2, 0.25) is 0 Å². The number of nitrogen functional groups attached to an aromatic ring is 2. The van der Waals surface area contributed by atoms with Gasteiger partial charge in [-0.3, -0.25) is 0 Å². The van der Waals surface area contributed by atoms with Crippen LogP contribution in [0.1, 0.15) is 99.3 Å². The minimum absolute atomic E-state index is 0.900. The molecule has 0 aromatic heterocycles. The molecule has 0 amide bonds. The van der Waals surface area contributed by atoms with Gasteiger partial charge < -0.3 is 16.2 Å². The van der Waals surface area contributed by atoms with Gasteiger partial charge >= 0.3 is 0 Å². The summed E-state index contributed by atoms with van der Waals surface area (Å²) in [4.78, 5) is 0. The molecule has 0 aliphatic heterocycles. The van der Waals surface area contributed by atoms with Gasteiger partial charge in [0.15, 0.2) is 0 Å². The van der Waals surface area contributed by atoms with E-state index >= 15 is 0 Å². The molecule has 3 heteroatoms. The summed E-state index contributed by atoms with van der Waals surface area (Å²) in [6, 6.07) is 12.9. The molecule has 2 rings (SSSR count). The molecule has 0 spiro atoms. The maximum atomic E-state index is 5.89. The third-order valence-corrected chi connectivity index (χ3v) is 6.68. The van der Waals surface area contributed by atoms with Gasteiger partial charge in [0.05, 0.1) is 0 Å². The van der Waals surface area contributed by atoms with Crippen LogP contribution in [0.15, 0.2) is 36.4 Å². The molecule has 0 aliphatic carbocycles. The van der Waals surface area contributed by atoms with Crippen LogP contribution in [0.3, 0.4) is 0 Å². The molecule has 184 valence electrons. The van der Waals surface area contributed by atoms with E-state index in [1.807, 2.05) is 12.1 Å². The van der Waals surface area contributed by atoms with Gasteiger partial charge in [0, 0.05) is 24.6 Å². The van der Waals surface area contributed by atoms with Crippen LogP contribution < -0.4 is 11.5 Å². The topological polar surface area (TPSA) is 61.3 Å². The first-order chi connectivity index (χ1) is 16.1. The van der Waals surface area contributed by atoms with E-state index in [0.29, 0.717) is 0 Å². The highest BCUT2D eigenvalue weighted by atomic mass is 16.5. The second kappa shape index (κ2) is 16.6. The average Bonchev–Trinajstić information content (AvgIpc) is 2.80. The average molecular weight is 453 g/mol. The summed E-state index contributed by atoms with van der Waals surface area (Å²) >= 11 is 0. The number of aryl methyl sites for hydroxylation is 4. The van der Waals surface area contributed by atoms with Crippen LogP contribution in [0.5, 0.6) is 0 Å². The second-order valence-corrected chi connectivity index (χ2v) is 9.74. The van der Waals surface area contributed by atoms with Crippen molar-refractivity contribution in [2.45, 2.75) is 104 Å². The Hall–Kier alpha value is -2.00. The Kier molecular flexibility index (Phi) is 13.7. The van der Waals surface area contributed by atoms with Crippen molar-refractivity contribution in [1.29, 1.82) is 0 Å². The van der Waals surface area contributed by atoms with Crippen molar-refractivity contribution in [3.63, 3.8) is 0 Å². The highest BCUT2D eigenvalue weighted by molar-refractivity contribution is 5.48. The summed E-state index contributed by atoms with van der Waals surface area (Å²) in [7, 11) is 0. The summed E-state index contributed by atoms with van der Waals surface area (Å²) in [5, 5.41) is 0. The third-order valence-electron chi connectivity index (χ3n) is 6.68. The molecule has 3 nitrogen and oxygen atoms in total. The lowest BCUT2D eigenvalue weighted by Gasteiger charge is -2.07. The van der Waals surface area contributed by atoms with Crippen LogP contribution in [0.4, 0.5) is 11.4 Å². The zero-order valence-electron chi connectivity index (χ0n) is 21.3. The smallest absolute Gasteiger partial charge is 0.0466 e. The number of ether oxygens (including phenoxy) is 1. The van der Waals surface area contributed by atoms with Crippen molar-refractivity contribution in [2.24, 2.45) is 0 Å². The van der Waals surface area contributed by atoms with Crippen molar-refractivity contribution in [2.75, 3.05) is 24.7 Å². The molecule has 33 heavy (non-hydrogen) atoms. The summed E-state index contributed by atoms with van der Waals surface area (Å²) in [6.45, 7) is 6.05. The quantitative estimate of drug-likeness (QED) is 0.178. The van der Waals surface area contributed by atoms with Crippen molar-refractivity contribution in [3.8, 4) is 0 Å². The SMILES string of the molecule is Cc1cc(CCCCCCCCOCCCCCCCCc2ccc(N)c(C)c2)ccc1N. The van der Waals surface area contributed by atoms with Gasteiger partial charge in [-0.15, -0.1) is 0 Å². The van der Waals surface area contributed by atoms with E-state index in [4.69, 9.17) is 16.2 Å². The zero-order valence-corrected chi connectivity index (χ0v) is 21.3. The largest absolute Gasteiger partial charge is 0.399 e. The minimum atomic E-state index is 0.900. The minimum Gasteiger partial charge on any atom is -0.399 e. The number of hydrogen-bond donors (Lipinski definition) is 2. The normalized spacial score (nSPS) is 11.2. The Morgan fingerprint density at radius 3 is 1.27 bits per heavy atom. The predicted octanol–water partition coefficient (Wildman–Crippen LogP) is 7.95. The molecule has 2 aromatic carbocycles. The molecule has 0 saturated heterocycles. The molecule has 0 bridgehead atoms. The van der Waals surface area contributed by atoms with Gasteiger partial charge in [-0.25, -0.2) is 0 Å². The van der Waals surface area contributed by atoms with E-state index in [1.54, 1.807) is 0 Å². The summed E-state index contributed by atoms with van der Waals surface area (Å²) < 4.78 is 5.83. The Morgan fingerprint density at radius 1 is 0.515 bits per heavy atom. The number of anilines is 2. The Bertz CT molecular complexity index is 721. The van der Waals surface area contributed by atoms with E-state index in [9.17, 15) is 0 Å². The van der Waals surface area contributed by atoms with E-state index in [1.165, 1.54) is 112 Å². The first-order valence-electron chi connectivity index (χ1n) is 13.3. The van der Waals surface area contributed by atoms with E-state index in [2.05, 4.69) is 38.1 Å². The lowest BCUT2D eigenvalue weighted by Crippen LogP contribution is -1.97. The van der Waals surface area contributed by atoms with Gasteiger partial charge in [-0.1, -0.05) is 75.6 Å². The molecule has 0 saturated carbocycles. The lowest BCUT2D eigenvalue weighted by atomic mass is 10.0. The maximum Gasteiger partial charge on any atom is 0.0466 e. The number of benzene rings is 2. The number of hydrogen-bond acceptors (Lipinski definition) is 3. The fourth-order valence-electron chi connectivity index (χ4n) is 4.37. The summed E-state index contributed by atoms with van der Waals surface area (Å²) in [6.07, 6.45) is 17.9. The molecular formula is C30H48N2O. The summed E-state index contributed by atoms with van der Waals surface area (Å²) in [5.74, 6) is 0. The van der Waals surface area contributed by atoms with Crippen LogP contribution in [0.25, 0.3) is 0 Å². The molecule has 0 aliphatic rings. The van der Waals surface area contributed by atoms with Crippen LogP contribution in [-0.4, -0.2) is 13.2 Å². The van der Waals surface area contributed by atoms with Crippen molar-refractivity contribution in [3.05, 3.63) is 58.7 Å². The molecule has 0 unspecified atom stereocenters. The Morgan fingerprint density at radius 2 is 0.879 bits per heavy atom. The molecule has 2 aromatic rings. The fraction of sp³-hybridized carbons (Fsp3) is 0.600. The Balaban J connectivity index is 1.29. The first-order valence-corrected chi connectivity index (χ1v) is 13.3. The highest BCUT2D eigenvalue weighted by Gasteiger charge is 1.99. The number of unbranched alkanes of at least 4 members (excludes halogenated alkanes) is 10. The predicted molar refractivity (Wildman–Crippen MR) is 145 cm³/mol. The van der Waals surface area contributed by atoms with Crippen molar-refractivity contribution in [1.82, 2.24) is 0 Å². The van der Waals surface area contributed by atoms with Gasteiger partial charge in [-0.2, -0.15) is 0 Å². The maximum absolute atomic E-state index is 5.89.